The third-order valence-corrected chi connectivity index (χ3v) is 4.34. The quantitative estimate of drug-likeness (QED) is 0.569. The van der Waals surface area contributed by atoms with E-state index < -0.39 is 6.09 Å². The molecule has 0 bridgehead atoms. The lowest BCUT2D eigenvalue weighted by molar-refractivity contribution is 0.141. The summed E-state index contributed by atoms with van der Waals surface area (Å²) in [5.41, 5.74) is 6.01. The van der Waals surface area contributed by atoms with Crippen LogP contribution in [-0.4, -0.2) is 12.7 Å². The van der Waals surface area contributed by atoms with E-state index in [0.29, 0.717) is 18.9 Å². The van der Waals surface area contributed by atoms with Crippen molar-refractivity contribution in [3.05, 3.63) is 52.2 Å². The Bertz CT molecular complexity index is 572. The van der Waals surface area contributed by atoms with Crippen LogP contribution in [0.5, 0.6) is 5.75 Å². The Morgan fingerprint density at radius 1 is 1.27 bits per heavy atom. The fraction of sp³-hybridized carbons (Fsp3) is 0.312. The summed E-state index contributed by atoms with van der Waals surface area (Å²) in [7, 11) is 0. The summed E-state index contributed by atoms with van der Waals surface area (Å²) >= 11 is 7.43. The molecule has 0 spiro atoms. The summed E-state index contributed by atoms with van der Waals surface area (Å²) in [4.78, 5) is 11.7. The van der Waals surface area contributed by atoms with Crippen molar-refractivity contribution in [2.75, 3.05) is 6.61 Å². The summed E-state index contributed by atoms with van der Waals surface area (Å²) < 4.78 is 10.8. The van der Waals surface area contributed by atoms with Crippen LogP contribution in [0, 0.1) is 0 Å². The summed E-state index contributed by atoms with van der Waals surface area (Å²) in [5, 5.41) is 2.02. The number of carbonyl (C=O) groups is 1. The molecule has 1 amide bonds. The Balaban J connectivity index is 1.96. The molecule has 0 aliphatic heterocycles. The van der Waals surface area contributed by atoms with Gasteiger partial charge in [0.1, 0.15) is 11.9 Å². The van der Waals surface area contributed by atoms with Crippen molar-refractivity contribution in [3.8, 4) is 5.75 Å². The maximum atomic E-state index is 10.6. The maximum Gasteiger partial charge on any atom is 0.404 e. The lowest BCUT2D eigenvalue weighted by Gasteiger charge is -2.18. The molecule has 118 valence electrons. The molecule has 0 unspecified atom stereocenters. The van der Waals surface area contributed by atoms with Gasteiger partial charge in [-0.05, 0) is 42.0 Å². The molecule has 1 aromatic heterocycles. The normalized spacial score (nSPS) is 11.9. The molecule has 0 fully saturated rings. The largest absolute Gasteiger partial charge is 0.485 e. The zero-order valence-corrected chi connectivity index (χ0v) is 13.6. The minimum Gasteiger partial charge on any atom is -0.485 e. The van der Waals surface area contributed by atoms with Crippen LogP contribution in [0.25, 0.3) is 0 Å². The van der Waals surface area contributed by atoms with E-state index in [2.05, 4.69) is 0 Å². The molecule has 1 aromatic carbocycles. The van der Waals surface area contributed by atoms with Crippen molar-refractivity contribution in [3.63, 3.8) is 0 Å². The van der Waals surface area contributed by atoms with E-state index in [1.165, 1.54) is 0 Å². The standard InChI is InChI=1S/C16H18ClNO3S/c17-11-12-5-7-13(8-6-12)21-14(15-4-2-10-22-15)3-1-9-20-16(18)19/h2,4-8,10,14H,1,3,9,11H2,(H2,18,19)/t14-/m0/s1. The third kappa shape index (κ3) is 5.24. The molecular weight excluding hydrogens is 322 g/mol. The Kier molecular flexibility index (Phi) is 6.55. The van der Waals surface area contributed by atoms with Crippen LogP contribution in [0.3, 0.4) is 0 Å². The molecule has 4 nitrogen and oxygen atoms in total. The molecule has 1 atom stereocenters. The van der Waals surface area contributed by atoms with Crippen LogP contribution in [0.4, 0.5) is 4.79 Å². The topological polar surface area (TPSA) is 61.6 Å². The lowest BCUT2D eigenvalue weighted by atomic mass is 10.1. The Hall–Kier alpha value is -1.72. The van der Waals surface area contributed by atoms with Crippen LogP contribution in [0.1, 0.15) is 29.4 Å². The first-order chi connectivity index (χ1) is 10.7. The number of hydrogen-bond acceptors (Lipinski definition) is 4. The zero-order chi connectivity index (χ0) is 15.8. The van der Waals surface area contributed by atoms with E-state index in [1.807, 2.05) is 41.8 Å². The predicted octanol–water partition coefficient (Wildman–Crippen LogP) is 4.48. The van der Waals surface area contributed by atoms with Gasteiger partial charge in [0.05, 0.1) is 6.61 Å². The second-order valence-corrected chi connectivity index (χ2v) is 5.96. The summed E-state index contributed by atoms with van der Waals surface area (Å²) in [6.45, 7) is 0.297. The molecule has 6 heteroatoms. The minimum absolute atomic E-state index is 0.0710. The number of amides is 1. The van der Waals surface area contributed by atoms with Gasteiger partial charge in [-0.25, -0.2) is 4.79 Å². The zero-order valence-electron chi connectivity index (χ0n) is 12.0. The average molecular weight is 340 g/mol. The monoisotopic (exact) mass is 339 g/mol. The first-order valence-electron chi connectivity index (χ1n) is 6.96. The van der Waals surface area contributed by atoms with Crippen molar-refractivity contribution in [2.45, 2.75) is 24.8 Å². The van der Waals surface area contributed by atoms with E-state index in [1.54, 1.807) is 11.3 Å². The second-order valence-electron chi connectivity index (χ2n) is 4.71. The van der Waals surface area contributed by atoms with E-state index in [9.17, 15) is 4.79 Å². The number of carbonyl (C=O) groups excluding carboxylic acids is 1. The van der Waals surface area contributed by atoms with Crippen LogP contribution in [0.2, 0.25) is 0 Å². The van der Waals surface area contributed by atoms with Gasteiger partial charge in [0, 0.05) is 10.8 Å². The number of ether oxygens (including phenoxy) is 2. The average Bonchev–Trinajstić information content (AvgIpc) is 3.05. The van der Waals surface area contributed by atoms with Crippen molar-refractivity contribution in [1.82, 2.24) is 0 Å². The van der Waals surface area contributed by atoms with Gasteiger partial charge in [-0.3, -0.25) is 0 Å². The summed E-state index contributed by atoms with van der Waals surface area (Å²) in [5.74, 6) is 1.28. The SMILES string of the molecule is NC(=O)OCCC[C@H](Oc1ccc(CCl)cc1)c1cccs1. The van der Waals surface area contributed by atoms with Crippen molar-refractivity contribution < 1.29 is 14.3 Å². The predicted molar refractivity (Wildman–Crippen MR) is 88.5 cm³/mol. The van der Waals surface area contributed by atoms with Gasteiger partial charge < -0.3 is 15.2 Å². The van der Waals surface area contributed by atoms with Crippen LogP contribution >= 0.6 is 22.9 Å². The van der Waals surface area contributed by atoms with Gasteiger partial charge in [0.15, 0.2) is 0 Å². The van der Waals surface area contributed by atoms with Crippen LogP contribution in [-0.2, 0) is 10.6 Å². The summed E-state index contributed by atoms with van der Waals surface area (Å²) in [6, 6.07) is 11.8. The summed E-state index contributed by atoms with van der Waals surface area (Å²) in [6.07, 6.45) is 0.611. The maximum absolute atomic E-state index is 10.6. The van der Waals surface area contributed by atoms with Gasteiger partial charge in [-0.15, -0.1) is 22.9 Å². The Morgan fingerprint density at radius 2 is 2.05 bits per heavy atom. The van der Waals surface area contributed by atoms with Gasteiger partial charge in [-0.1, -0.05) is 18.2 Å². The Labute approximate surface area is 138 Å². The number of benzene rings is 1. The highest BCUT2D eigenvalue weighted by Gasteiger charge is 2.15. The first-order valence-corrected chi connectivity index (χ1v) is 8.37. The molecule has 1 heterocycles. The van der Waals surface area contributed by atoms with Crippen molar-refractivity contribution in [1.29, 1.82) is 0 Å². The van der Waals surface area contributed by atoms with E-state index in [-0.39, 0.29) is 6.10 Å². The number of thiophene rings is 1. The fourth-order valence-corrected chi connectivity index (χ4v) is 2.96. The number of alkyl halides is 1. The van der Waals surface area contributed by atoms with Gasteiger partial charge >= 0.3 is 6.09 Å². The molecular formula is C16H18ClNO3S. The number of rotatable bonds is 8. The van der Waals surface area contributed by atoms with E-state index in [0.717, 1.165) is 22.6 Å². The van der Waals surface area contributed by atoms with Crippen molar-refractivity contribution in [2.24, 2.45) is 5.73 Å². The number of primary amides is 1. The highest BCUT2D eigenvalue weighted by molar-refractivity contribution is 7.10. The molecule has 0 aliphatic carbocycles. The second kappa shape index (κ2) is 8.66. The molecule has 2 rings (SSSR count). The highest BCUT2D eigenvalue weighted by atomic mass is 35.5. The molecule has 22 heavy (non-hydrogen) atoms. The van der Waals surface area contributed by atoms with Gasteiger partial charge in [-0.2, -0.15) is 0 Å². The van der Waals surface area contributed by atoms with Crippen LogP contribution in [0.15, 0.2) is 41.8 Å². The number of nitrogens with two attached hydrogens (primary N) is 1. The molecule has 0 radical (unpaired) electrons. The van der Waals surface area contributed by atoms with Gasteiger partial charge in [0.2, 0.25) is 0 Å². The van der Waals surface area contributed by atoms with Crippen LogP contribution < -0.4 is 10.5 Å². The molecule has 2 aromatic rings. The first kappa shape index (κ1) is 16.6. The minimum atomic E-state index is -0.745. The molecule has 0 aliphatic rings. The number of halogens is 1. The van der Waals surface area contributed by atoms with E-state index in [4.69, 9.17) is 26.8 Å². The fourth-order valence-electron chi connectivity index (χ4n) is 2.00. The third-order valence-electron chi connectivity index (χ3n) is 3.07. The lowest BCUT2D eigenvalue weighted by Crippen LogP contribution is -2.15. The molecule has 0 saturated carbocycles. The smallest absolute Gasteiger partial charge is 0.404 e. The Morgan fingerprint density at radius 3 is 2.64 bits per heavy atom. The highest BCUT2D eigenvalue weighted by Crippen LogP contribution is 2.29. The van der Waals surface area contributed by atoms with Crippen molar-refractivity contribution >= 4 is 29.0 Å². The van der Waals surface area contributed by atoms with E-state index >= 15 is 0 Å². The number of hydrogen-bond donors (Lipinski definition) is 1. The molecule has 2 N–H and O–H groups in total. The van der Waals surface area contributed by atoms with Gasteiger partial charge in [0.25, 0.3) is 0 Å². The molecule has 0 saturated heterocycles.